The summed E-state index contributed by atoms with van der Waals surface area (Å²) in [6, 6.07) is 13.7. The van der Waals surface area contributed by atoms with Gasteiger partial charge in [0, 0.05) is 13.1 Å². The molecule has 138 valence electrons. The lowest BCUT2D eigenvalue weighted by Crippen LogP contribution is -2.47. The van der Waals surface area contributed by atoms with Crippen molar-refractivity contribution in [2.75, 3.05) is 26.2 Å². The molecule has 0 spiro atoms. The zero-order valence-corrected chi connectivity index (χ0v) is 14.8. The molecule has 1 heterocycles. The van der Waals surface area contributed by atoms with E-state index in [2.05, 4.69) is 5.32 Å². The Balaban J connectivity index is 1.48. The average molecular weight is 358 g/mol. The van der Waals surface area contributed by atoms with Crippen LogP contribution in [-0.4, -0.2) is 43.3 Å². The van der Waals surface area contributed by atoms with Crippen LogP contribution in [0.5, 0.6) is 11.5 Å². The molecule has 1 unspecified atom stereocenters. The average Bonchev–Trinajstić information content (AvgIpc) is 2.66. The van der Waals surface area contributed by atoms with Crippen molar-refractivity contribution in [3.63, 3.8) is 0 Å². The number of hydrogen-bond donors (Lipinski definition) is 1. The van der Waals surface area contributed by atoms with Crippen molar-refractivity contribution in [1.29, 1.82) is 0 Å². The Kier molecular flexibility index (Phi) is 5.94. The summed E-state index contributed by atoms with van der Waals surface area (Å²) in [6.07, 6.45) is 0.371. The highest BCUT2D eigenvalue weighted by Crippen LogP contribution is 2.30. The summed E-state index contributed by atoms with van der Waals surface area (Å²) in [4.78, 5) is 14.1. The molecule has 0 aliphatic carbocycles. The number of fused-ring (bicyclic) bond motifs is 1. The first-order chi connectivity index (χ1) is 12.7. The molecule has 6 heteroatoms. The summed E-state index contributed by atoms with van der Waals surface area (Å²) < 4.78 is 24.8. The molecule has 0 fully saturated rings. The van der Waals surface area contributed by atoms with Gasteiger partial charge in [-0.05, 0) is 43.2 Å². The van der Waals surface area contributed by atoms with E-state index in [1.165, 1.54) is 12.1 Å². The first-order valence-electron chi connectivity index (χ1n) is 8.81. The van der Waals surface area contributed by atoms with E-state index in [9.17, 15) is 9.18 Å². The number of likely N-dealkylation sites (N-methyl/N-ethyl adjacent to an activating group) is 1. The van der Waals surface area contributed by atoms with Gasteiger partial charge in [-0.15, -0.1) is 0 Å². The van der Waals surface area contributed by atoms with E-state index in [-0.39, 0.29) is 18.0 Å². The number of amides is 2. The Morgan fingerprint density at radius 1 is 1.23 bits per heavy atom. The Labute approximate surface area is 152 Å². The zero-order chi connectivity index (χ0) is 18.4. The second-order valence-corrected chi connectivity index (χ2v) is 6.15. The molecule has 2 aromatic rings. The van der Waals surface area contributed by atoms with Crippen LogP contribution in [0, 0.1) is 5.82 Å². The molecule has 1 aliphatic heterocycles. The fourth-order valence-electron chi connectivity index (χ4n) is 2.87. The number of nitrogens with zero attached hydrogens (tertiary/aromatic N) is 1. The summed E-state index contributed by atoms with van der Waals surface area (Å²) in [6.45, 7) is 3.78. The molecule has 2 amide bonds. The number of halogens is 1. The molecule has 26 heavy (non-hydrogen) atoms. The zero-order valence-electron chi connectivity index (χ0n) is 14.8. The first-order valence-corrected chi connectivity index (χ1v) is 8.81. The van der Waals surface area contributed by atoms with E-state index in [0.29, 0.717) is 38.4 Å². The van der Waals surface area contributed by atoms with Crippen LogP contribution >= 0.6 is 0 Å². The van der Waals surface area contributed by atoms with Gasteiger partial charge in [-0.1, -0.05) is 24.3 Å². The highest BCUT2D eigenvalue weighted by Gasteiger charge is 2.24. The molecule has 0 aromatic heterocycles. The molecule has 1 atom stereocenters. The Bertz CT molecular complexity index is 753. The van der Waals surface area contributed by atoms with Crippen LogP contribution in [0.15, 0.2) is 48.5 Å². The lowest BCUT2D eigenvalue weighted by Gasteiger charge is -2.31. The van der Waals surface area contributed by atoms with Gasteiger partial charge in [0.2, 0.25) is 0 Å². The molecule has 0 saturated carbocycles. The Morgan fingerprint density at radius 2 is 2.04 bits per heavy atom. The van der Waals surface area contributed by atoms with Crippen molar-refractivity contribution in [1.82, 2.24) is 10.2 Å². The standard InChI is InChI=1S/C20H23FN2O3/c1-2-23(13-17-14-25-18-8-3-4-9-19(18)26-17)20(24)22-11-10-15-6-5-7-16(21)12-15/h3-9,12,17H,2,10-11,13-14H2,1H3,(H,22,24). The third-order valence-corrected chi connectivity index (χ3v) is 4.24. The number of carbonyl (C=O) groups excluding carboxylic acids is 1. The maximum absolute atomic E-state index is 13.2. The summed E-state index contributed by atoms with van der Waals surface area (Å²) >= 11 is 0. The number of para-hydroxylation sites is 2. The molecular weight excluding hydrogens is 335 g/mol. The van der Waals surface area contributed by atoms with Gasteiger partial charge in [0.1, 0.15) is 12.4 Å². The maximum Gasteiger partial charge on any atom is 0.317 e. The minimum absolute atomic E-state index is 0.161. The van der Waals surface area contributed by atoms with E-state index in [4.69, 9.17) is 9.47 Å². The van der Waals surface area contributed by atoms with E-state index in [1.807, 2.05) is 37.3 Å². The van der Waals surface area contributed by atoms with Crippen LogP contribution < -0.4 is 14.8 Å². The summed E-state index contributed by atoms with van der Waals surface area (Å²) in [7, 11) is 0. The van der Waals surface area contributed by atoms with Crippen molar-refractivity contribution in [3.8, 4) is 11.5 Å². The number of ether oxygens (including phenoxy) is 2. The quantitative estimate of drug-likeness (QED) is 0.862. The highest BCUT2D eigenvalue weighted by molar-refractivity contribution is 5.74. The number of hydrogen-bond acceptors (Lipinski definition) is 3. The number of rotatable bonds is 6. The van der Waals surface area contributed by atoms with Gasteiger partial charge < -0.3 is 19.7 Å². The number of benzene rings is 2. The monoisotopic (exact) mass is 358 g/mol. The fourth-order valence-corrected chi connectivity index (χ4v) is 2.87. The lowest BCUT2D eigenvalue weighted by molar-refractivity contribution is 0.0676. The third-order valence-electron chi connectivity index (χ3n) is 4.24. The van der Waals surface area contributed by atoms with Gasteiger partial charge in [-0.2, -0.15) is 0 Å². The minimum Gasteiger partial charge on any atom is -0.486 e. The van der Waals surface area contributed by atoms with Crippen molar-refractivity contribution in [3.05, 3.63) is 59.9 Å². The molecule has 0 radical (unpaired) electrons. The van der Waals surface area contributed by atoms with Gasteiger partial charge in [0.05, 0.1) is 6.54 Å². The second kappa shape index (κ2) is 8.56. The fraction of sp³-hybridized carbons (Fsp3) is 0.350. The van der Waals surface area contributed by atoms with Crippen LogP contribution in [0.3, 0.4) is 0 Å². The van der Waals surface area contributed by atoms with Crippen molar-refractivity contribution < 1.29 is 18.7 Å². The third kappa shape index (κ3) is 4.65. The molecule has 1 N–H and O–H groups in total. The van der Waals surface area contributed by atoms with E-state index >= 15 is 0 Å². The van der Waals surface area contributed by atoms with Crippen LogP contribution in [0.4, 0.5) is 9.18 Å². The predicted molar refractivity (Wildman–Crippen MR) is 97.1 cm³/mol. The summed E-state index contributed by atoms with van der Waals surface area (Å²) in [5.41, 5.74) is 0.856. The van der Waals surface area contributed by atoms with Gasteiger partial charge in [0.25, 0.3) is 0 Å². The molecule has 0 saturated heterocycles. The van der Waals surface area contributed by atoms with Crippen LogP contribution in [0.2, 0.25) is 0 Å². The second-order valence-electron chi connectivity index (χ2n) is 6.15. The predicted octanol–water partition coefficient (Wildman–Crippen LogP) is 3.24. The van der Waals surface area contributed by atoms with Crippen LogP contribution in [0.1, 0.15) is 12.5 Å². The molecule has 1 aliphatic rings. The molecule has 2 aromatic carbocycles. The lowest BCUT2D eigenvalue weighted by atomic mass is 10.1. The van der Waals surface area contributed by atoms with Gasteiger partial charge in [-0.3, -0.25) is 0 Å². The van der Waals surface area contributed by atoms with Crippen LogP contribution in [0.25, 0.3) is 0 Å². The number of carbonyl (C=O) groups is 1. The van der Waals surface area contributed by atoms with Crippen molar-refractivity contribution >= 4 is 6.03 Å². The van der Waals surface area contributed by atoms with E-state index in [1.54, 1.807) is 11.0 Å². The van der Waals surface area contributed by atoms with Gasteiger partial charge >= 0.3 is 6.03 Å². The maximum atomic E-state index is 13.2. The van der Waals surface area contributed by atoms with Gasteiger partial charge in [0.15, 0.2) is 17.6 Å². The van der Waals surface area contributed by atoms with E-state index in [0.717, 1.165) is 11.3 Å². The first kappa shape index (κ1) is 18.0. The Hall–Kier alpha value is -2.76. The minimum atomic E-state index is -0.265. The molecular formula is C20H23FN2O3. The number of urea groups is 1. The largest absolute Gasteiger partial charge is 0.486 e. The smallest absolute Gasteiger partial charge is 0.317 e. The van der Waals surface area contributed by atoms with Crippen molar-refractivity contribution in [2.24, 2.45) is 0 Å². The van der Waals surface area contributed by atoms with Crippen molar-refractivity contribution in [2.45, 2.75) is 19.4 Å². The van der Waals surface area contributed by atoms with E-state index < -0.39 is 0 Å². The van der Waals surface area contributed by atoms with Crippen LogP contribution in [-0.2, 0) is 6.42 Å². The normalized spacial score (nSPS) is 15.4. The number of nitrogens with one attached hydrogen (secondary N) is 1. The topological polar surface area (TPSA) is 50.8 Å². The molecule has 5 nitrogen and oxygen atoms in total. The molecule has 3 rings (SSSR count). The molecule has 0 bridgehead atoms. The van der Waals surface area contributed by atoms with Gasteiger partial charge in [-0.25, -0.2) is 9.18 Å². The summed E-state index contributed by atoms with van der Waals surface area (Å²) in [5.74, 6) is 1.16. The SMILES string of the molecule is CCN(CC1COc2ccccc2O1)C(=O)NCCc1cccc(F)c1. The summed E-state index contributed by atoms with van der Waals surface area (Å²) in [5, 5.41) is 2.88. The highest BCUT2D eigenvalue weighted by atomic mass is 19.1. The Morgan fingerprint density at radius 3 is 2.81 bits per heavy atom.